The molecule has 0 unspecified atom stereocenters. The Hall–Kier alpha value is -2.01. The van der Waals surface area contributed by atoms with Crippen molar-refractivity contribution in [3.8, 4) is 0 Å². The number of hydrogen-bond acceptors (Lipinski definition) is 3. The number of halogens is 1. The molecule has 0 saturated heterocycles. The van der Waals surface area contributed by atoms with Crippen molar-refractivity contribution in [3.63, 3.8) is 0 Å². The molecule has 2 aromatic rings. The second-order valence-electron chi connectivity index (χ2n) is 3.50. The molecule has 0 aliphatic heterocycles. The fourth-order valence-electron chi connectivity index (χ4n) is 1.37. The normalized spacial score (nSPS) is 10.2. The van der Waals surface area contributed by atoms with E-state index >= 15 is 0 Å². The summed E-state index contributed by atoms with van der Waals surface area (Å²) in [5.41, 5.74) is 6.60. The number of nitrogen functional groups attached to an aromatic ring is 1. The number of hydrogen-bond donors (Lipinski definition) is 2. The van der Waals surface area contributed by atoms with Gasteiger partial charge in [0.2, 0.25) is 5.91 Å². The van der Waals surface area contributed by atoms with Gasteiger partial charge in [0.1, 0.15) is 6.54 Å². The third-order valence-electron chi connectivity index (χ3n) is 2.11. The number of carbonyl (C=O) groups excluding carboxylic acids is 1. The summed E-state index contributed by atoms with van der Waals surface area (Å²) in [6, 6.07) is 7.04. The van der Waals surface area contributed by atoms with Crippen molar-refractivity contribution in [1.82, 2.24) is 9.78 Å². The van der Waals surface area contributed by atoms with Crippen molar-refractivity contribution >= 4 is 28.9 Å². The highest BCUT2D eigenvalue weighted by Gasteiger charge is 2.06. The first-order valence-corrected chi connectivity index (χ1v) is 5.35. The van der Waals surface area contributed by atoms with Crippen LogP contribution in [0.4, 0.5) is 11.4 Å². The van der Waals surface area contributed by atoms with Crippen LogP contribution < -0.4 is 11.1 Å². The van der Waals surface area contributed by atoms with Crippen LogP contribution in [0.15, 0.2) is 36.7 Å². The zero-order valence-electron chi connectivity index (χ0n) is 8.93. The summed E-state index contributed by atoms with van der Waals surface area (Å²) in [5, 5.41) is 7.11. The first-order chi connectivity index (χ1) is 8.15. The molecule has 0 aliphatic rings. The minimum atomic E-state index is -0.207. The lowest BCUT2D eigenvalue weighted by Gasteiger charge is -2.06. The maximum Gasteiger partial charge on any atom is 0.246 e. The molecule has 0 aliphatic carbocycles. The summed E-state index contributed by atoms with van der Waals surface area (Å²) in [4.78, 5) is 11.7. The number of carbonyl (C=O) groups is 1. The predicted molar refractivity (Wildman–Crippen MR) is 66.7 cm³/mol. The van der Waals surface area contributed by atoms with Crippen molar-refractivity contribution in [2.24, 2.45) is 0 Å². The number of rotatable bonds is 3. The monoisotopic (exact) mass is 250 g/mol. The summed E-state index contributed by atoms with van der Waals surface area (Å²) < 4.78 is 1.46. The number of anilines is 2. The Labute approximate surface area is 103 Å². The van der Waals surface area contributed by atoms with E-state index in [9.17, 15) is 4.79 Å². The lowest BCUT2D eigenvalue weighted by molar-refractivity contribution is -0.116. The van der Waals surface area contributed by atoms with Gasteiger partial charge in [0.15, 0.2) is 0 Å². The van der Waals surface area contributed by atoms with E-state index in [1.807, 2.05) is 0 Å². The van der Waals surface area contributed by atoms with Crippen LogP contribution in [0, 0.1) is 0 Å². The highest BCUT2D eigenvalue weighted by molar-refractivity contribution is 6.33. The van der Waals surface area contributed by atoms with Crippen LogP contribution in [0.1, 0.15) is 0 Å². The highest BCUT2D eigenvalue weighted by Crippen LogP contribution is 2.20. The average Bonchev–Trinajstić information content (AvgIpc) is 2.67. The fraction of sp³-hybridized carbons (Fsp3) is 0.0909. The number of aromatic nitrogens is 2. The molecule has 2 rings (SSSR count). The van der Waals surface area contributed by atoms with Gasteiger partial charge in [-0.15, -0.1) is 0 Å². The summed E-state index contributed by atoms with van der Waals surface area (Å²) in [6.07, 6.45) is 3.08. The molecule has 1 amide bonds. The van der Waals surface area contributed by atoms with Gasteiger partial charge in [0, 0.05) is 6.20 Å². The molecule has 0 atom stereocenters. The van der Waals surface area contributed by atoms with E-state index in [-0.39, 0.29) is 12.5 Å². The average molecular weight is 251 g/mol. The SMILES string of the molecule is Nc1cnn(CC(=O)Nc2ccccc2Cl)c1. The Morgan fingerprint density at radius 2 is 2.24 bits per heavy atom. The molecule has 3 N–H and O–H groups in total. The lowest BCUT2D eigenvalue weighted by Crippen LogP contribution is -2.19. The van der Waals surface area contributed by atoms with Gasteiger partial charge in [-0.3, -0.25) is 9.48 Å². The van der Waals surface area contributed by atoms with E-state index < -0.39 is 0 Å². The Morgan fingerprint density at radius 1 is 1.47 bits per heavy atom. The second-order valence-corrected chi connectivity index (χ2v) is 3.91. The minimum absolute atomic E-state index is 0.0996. The summed E-state index contributed by atoms with van der Waals surface area (Å²) in [6.45, 7) is 0.0996. The largest absolute Gasteiger partial charge is 0.396 e. The van der Waals surface area contributed by atoms with Gasteiger partial charge in [-0.1, -0.05) is 23.7 Å². The van der Waals surface area contributed by atoms with Crippen LogP contribution in [-0.2, 0) is 11.3 Å². The first-order valence-electron chi connectivity index (χ1n) is 4.97. The van der Waals surface area contributed by atoms with Crippen molar-refractivity contribution < 1.29 is 4.79 Å². The standard InChI is InChI=1S/C11H11ClN4O/c12-9-3-1-2-4-10(9)15-11(17)7-16-6-8(13)5-14-16/h1-6H,7,13H2,(H,15,17). The molecule has 1 aromatic carbocycles. The molecule has 1 aromatic heterocycles. The van der Waals surface area contributed by atoms with Gasteiger partial charge in [-0.25, -0.2) is 0 Å². The molecule has 17 heavy (non-hydrogen) atoms. The molecule has 0 radical (unpaired) electrons. The molecule has 0 spiro atoms. The van der Waals surface area contributed by atoms with Gasteiger partial charge in [-0.05, 0) is 12.1 Å². The fourth-order valence-corrected chi connectivity index (χ4v) is 1.55. The smallest absolute Gasteiger partial charge is 0.246 e. The van der Waals surface area contributed by atoms with Crippen LogP contribution in [0.3, 0.4) is 0 Å². The van der Waals surface area contributed by atoms with E-state index in [4.69, 9.17) is 17.3 Å². The number of nitrogens with one attached hydrogen (secondary N) is 1. The maximum absolute atomic E-state index is 11.7. The Morgan fingerprint density at radius 3 is 2.88 bits per heavy atom. The van der Waals surface area contributed by atoms with Crippen LogP contribution in [-0.4, -0.2) is 15.7 Å². The number of benzene rings is 1. The van der Waals surface area contributed by atoms with Gasteiger partial charge >= 0.3 is 0 Å². The highest BCUT2D eigenvalue weighted by atomic mass is 35.5. The lowest BCUT2D eigenvalue weighted by atomic mass is 10.3. The molecule has 1 heterocycles. The van der Waals surface area contributed by atoms with Crippen LogP contribution in [0.25, 0.3) is 0 Å². The molecular formula is C11H11ClN4O. The molecule has 0 fully saturated rings. The van der Waals surface area contributed by atoms with Crippen LogP contribution in [0.2, 0.25) is 5.02 Å². The Bertz CT molecular complexity index is 538. The third-order valence-corrected chi connectivity index (χ3v) is 2.44. The van der Waals surface area contributed by atoms with Gasteiger partial charge in [0.25, 0.3) is 0 Å². The summed E-state index contributed by atoms with van der Waals surface area (Å²) in [7, 11) is 0. The second kappa shape index (κ2) is 4.88. The Balaban J connectivity index is 2.01. The molecule has 6 heteroatoms. The van der Waals surface area contributed by atoms with Gasteiger partial charge < -0.3 is 11.1 Å². The van der Waals surface area contributed by atoms with Crippen molar-refractivity contribution in [1.29, 1.82) is 0 Å². The van der Waals surface area contributed by atoms with E-state index in [1.54, 1.807) is 30.5 Å². The van der Waals surface area contributed by atoms with Crippen molar-refractivity contribution in [2.45, 2.75) is 6.54 Å². The molecule has 0 saturated carbocycles. The van der Waals surface area contributed by atoms with Crippen molar-refractivity contribution in [3.05, 3.63) is 41.7 Å². The van der Waals surface area contributed by atoms with E-state index in [0.717, 1.165) is 0 Å². The van der Waals surface area contributed by atoms with Crippen molar-refractivity contribution in [2.75, 3.05) is 11.1 Å². The van der Waals surface area contributed by atoms with Gasteiger partial charge in [-0.2, -0.15) is 5.10 Å². The number of nitrogens with zero attached hydrogens (tertiary/aromatic N) is 2. The maximum atomic E-state index is 11.7. The molecular weight excluding hydrogens is 240 g/mol. The summed E-state index contributed by atoms with van der Waals surface area (Å²) >= 11 is 5.92. The Kier molecular flexibility index (Phi) is 3.30. The van der Waals surface area contributed by atoms with Crippen LogP contribution in [0.5, 0.6) is 0 Å². The molecule has 88 valence electrons. The molecule has 0 bridgehead atoms. The zero-order valence-corrected chi connectivity index (χ0v) is 9.69. The minimum Gasteiger partial charge on any atom is -0.396 e. The zero-order chi connectivity index (χ0) is 12.3. The topological polar surface area (TPSA) is 72.9 Å². The number of amides is 1. The van der Waals surface area contributed by atoms with E-state index in [0.29, 0.717) is 16.4 Å². The van der Waals surface area contributed by atoms with Gasteiger partial charge in [0.05, 0.1) is 22.6 Å². The number of nitrogens with two attached hydrogens (primary N) is 1. The van der Waals surface area contributed by atoms with E-state index in [2.05, 4.69) is 10.4 Å². The quantitative estimate of drug-likeness (QED) is 0.872. The predicted octanol–water partition coefficient (Wildman–Crippen LogP) is 1.76. The van der Waals surface area contributed by atoms with Crippen LogP contribution >= 0.6 is 11.6 Å². The molecule has 5 nitrogen and oxygen atoms in total. The third kappa shape index (κ3) is 2.98. The van der Waals surface area contributed by atoms with E-state index in [1.165, 1.54) is 10.9 Å². The number of para-hydroxylation sites is 1. The summed E-state index contributed by atoms with van der Waals surface area (Å²) in [5.74, 6) is -0.207. The first kappa shape index (κ1) is 11.5.